The van der Waals surface area contributed by atoms with Crippen molar-refractivity contribution in [3.63, 3.8) is 0 Å². The van der Waals surface area contributed by atoms with Crippen molar-refractivity contribution in [3.8, 4) is 0 Å². The van der Waals surface area contributed by atoms with Crippen molar-refractivity contribution in [2.45, 2.75) is 44.1 Å². The fourth-order valence-electron chi connectivity index (χ4n) is 5.34. The van der Waals surface area contributed by atoms with Crippen molar-refractivity contribution in [3.05, 3.63) is 72.2 Å². The van der Waals surface area contributed by atoms with Gasteiger partial charge in [-0.3, -0.25) is 9.59 Å². The van der Waals surface area contributed by atoms with Gasteiger partial charge in [-0.15, -0.1) is 0 Å². The van der Waals surface area contributed by atoms with E-state index in [1.54, 1.807) is 11.8 Å². The molecular formula is C25H28N4O2. The molecule has 0 spiro atoms. The first-order valence-corrected chi connectivity index (χ1v) is 11.1. The quantitative estimate of drug-likeness (QED) is 0.659. The van der Waals surface area contributed by atoms with Crippen molar-refractivity contribution < 1.29 is 9.59 Å². The zero-order chi connectivity index (χ0) is 21.4. The summed E-state index contributed by atoms with van der Waals surface area (Å²) in [5.41, 5.74) is 3.02. The topological polar surface area (TPSA) is 57.9 Å². The molecule has 31 heavy (non-hydrogen) atoms. The van der Waals surface area contributed by atoms with E-state index in [1.807, 2.05) is 35.4 Å². The third kappa shape index (κ3) is 3.40. The zero-order valence-electron chi connectivity index (χ0n) is 17.9. The molecule has 0 unspecified atom stereocenters. The minimum absolute atomic E-state index is 0.00353. The minimum Gasteiger partial charge on any atom is -0.341 e. The molecular weight excluding hydrogens is 388 g/mol. The Morgan fingerprint density at radius 2 is 1.74 bits per heavy atom. The van der Waals surface area contributed by atoms with Crippen molar-refractivity contribution in [1.29, 1.82) is 0 Å². The highest BCUT2D eigenvalue weighted by Crippen LogP contribution is 2.41. The molecule has 5 rings (SSSR count). The Morgan fingerprint density at radius 3 is 2.45 bits per heavy atom. The van der Waals surface area contributed by atoms with Gasteiger partial charge >= 0.3 is 0 Å². The normalized spacial score (nSPS) is 20.9. The van der Waals surface area contributed by atoms with Crippen LogP contribution in [0.3, 0.4) is 0 Å². The van der Waals surface area contributed by atoms with Crippen molar-refractivity contribution in [2.75, 3.05) is 19.6 Å². The first kappa shape index (κ1) is 19.8. The number of amides is 2. The predicted octanol–water partition coefficient (Wildman–Crippen LogP) is 3.25. The number of pyridine rings is 1. The van der Waals surface area contributed by atoms with Crippen molar-refractivity contribution in [1.82, 2.24) is 19.2 Å². The number of likely N-dealkylation sites (tertiary alicyclic amines) is 2. The van der Waals surface area contributed by atoms with Crippen LogP contribution in [0.5, 0.6) is 0 Å². The number of nitrogens with zero attached hydrogens (tertiary/aromatic N) is 4. The van der Waals surface area contributed by atoms with E-state index in [-0.39, 0.29) is 23.3 Å². The number of rotatable bonds is 3. The van der Waals surface area contributed by atoms with Gasteiger partial charge < -0.3 is 14.2 Å². The number of benzene rings is 1. The van der Waals surface area contributed by atoms with Crippen molar-refractivity contribution >= 4 is 17.5 Å². The maximum atomic E-state index is 13.3. The molecule has 160 valence electrons. The summed E-state index contributed by atoms with van der Waals surface area (Å²) >= 11 is 0. The lowest BCUT2D eigenvalue weighted by molar-refractivity contribution is -0.143. The van der Waals surface area contributed by atoms with E-state index >= 15 is 0 Å². The van der Waals surface area contributed by atoms with E-state index in [4.69, 9.17) is 4.98 Å². The Balaban J connectivity index is 1.44. The second-order valence-electron chi connectivity index (χ2n) is 8.74. The Bertz CT molecular complexity index is 1070. The Morgan fingerprint density at radius 1 is 1.00 bits per heavy atom. The molecule has 0 N–H and O–H groups in total. The molecule has 0 bridgehead atoms. The molecule has 2 saturated heterocycles. The summed E-state index contributed by atoms with van der Waals surface area (Å²) < 4.78 is 2.07. The standard InChI is InChI=1S/C25H28N4O2/c1-19(30)29-15-7-10-21(29)24(31)27-16-12-25(13-17-27,20-8-3-2-4-9-20)22-18-28-14-6-5-11-23(28)26-22/h2-6,8-9,11,14,18,21H,7,10,12-13,15-17H2,1H3/t21-/m0/s1. The van der Waals surface area contributed by atoms with Crippen LogP contribution in [0.2, 0.25) is 0 Å². The third-order valence-electron chi connectivity index (χ3n) is 7.05. The van der Waals surface area contributed by atoms with E-state index in [0.29, 0.717) is 19.6 Å². The fourth-order valence-corrected chi connectivity index (χ4v) is 5.34. The Labute approximate surface area is 182 Å². The van der Waals surface area contributed by atoms with Crippen LogP contribution in [-0.4, -0.2) is 56.7 Å². The molecule has 2 aromatic heterocycles. The van der Waals surface area contributed by atoms with Gasteiger partial charge in [0.25, 0.3) is 0 Å². The van der Waals surface area contributed by atoms with Crippen LogP contribution < -0.4 is 0 Å². The van der Waals surface area contributed by atoms with Gasteiger partial charge in [-0.1, -0.05) is 36.4 Å². The smallest absolute Gasteiger partial charge is 0.245 e. The van der Waals surface area contributed by atoms with Crippen LogP contribution >= 0.6 is 0 Å². The fraction of sp³-hybridized carbons (Fsp3) is 0.400. The average molecular weight is 417 g/mol. The molecule has 1 aromatic carbocycles. The maximum Gasteiger partial charge on any atom is 0.245 e. The number of carbonyl (C=O) groups is 2. The number of carbonyl (C=O) groups excluding carboxylic acids is 2. The van der Waals surface area contributed by atoms with E-state index < -0.39 is 0 Å². The summed E-state index contributed by atoms with van der Waals surface area (Å²) in [6, 6.07) is 16.3. The molecule has 2 aliphatic rings. The molecule has 2 fully saturated rings. The van der Waals surface area contributed by atoms with Crippen LogP contribution in [0.25, 0.3) is 5.65 Å². The van der Waals surface area contributed by atoms with Gasteiger partial charge in [-0.05, 0) is 43.4 Å². The van der Waals surface area contributed by atoms with Crippen LogP contribution in [0.1, 0.15) is 43.9 Å². The van der Waals surface area contributed by atoms with Crippen LogP contribution in [-0.2, 0) is 15.0 Å². The lowest BCUT2D eigenvalue weighted by atomic mass is 9.70. The van der Waals surface area contributed by atoms with Gasteiger partial charge in [-0.25, -0.2) is 4.98 Å². The van der Waals surface area contributed by atoms with E-state index in [0.717, 1.165) is 37.0 Å². The minimum atomic E-state index is -0.295. The lowest BCUT2D eigenvalue weighted by Crippen LogP contribution is -2.52. The number of hydrogen-bond acceptors (Lipinski definition) is 3. The van der Waals surface area contributed by atoms with Gasteiger partial charge in [0.05, 0.1) is 5.69 Å². The largest absolute Gasteiger partial charge is 0.341 e. The third-order valence-corrected chi connectivity index (χ3v) is 7.05. The molecule has 4 heterocycles. The molecule has 2 amide bonds. The summed E-state index contributed by atoms with van der Waals surface area (Å²) in [4.78, 5) is 33.9. The monoisotopic (exact) mass is 416 g/mol. The maximum absolute atomic E-state index is 13.3. The van der Waals surface area contributed by atoms with E-state index in [2.05, 4.69) is 34.9 Å². The van der Waals surface area contributed by atoms with Crippen LogP contribution in [0, 0.1) is 0 Å². The van der Waals surface area contributed by atoms with Gasteiger partial charge in [-0.2, -0.15) is 0 Å². The average Bonchev–Trinajstić information content (AvgIpc) is 3.47. The SMILES string of the molecule is CC(=O)N1CCC[C@H]1C(=O)N1CCC(c2ccccc2)(c2cn3ccccc3n2)CC1. The highest BCUT2D eigenvalue weighted by Gasteiger charge is 2.43. The molecule has 6 heteroatoms. The predicted molar refractivity (Wildman–Crippen MR) is 119 cm³/mol. The number of hydrogen-bond donors (Lipinski definition) is 0. The van der Waals surface area contributed by atoms with Gasteiger partial charge in [0.15, 0.2) is 0 Å². The number of aromatic nitrogens is 2. The van der Waals surface area contributed by atoms with Crippen LogP contribution in [0.15, 0.2) is 60.9 Å². The molecule has 0 aliphatic carbocycles. The Kier molecular flexibility index (Phi) is 5.00. The highest BCUT2D eigenvalue weighted by molar-refractivity contribution is 5.87. The molecule has 1 atom stereocenters. The van der Waals surface area contributed by atoms with E-state index in [1.165, 1.54) is 5.56 Å². The number of imidazole rings is 1. The second kappa shape index (κ2) is 7.84. The highest BCUT2D eigenvalue weighted by atomic mass is 16.2. The summed E-state index contributed by atoms with van der Waals surface area (Å²) in [6.07, 6.45) is 7.47. The van der Waals surface area contributed by atoms with Crippen LogP contribution in [0.4, 0.5) is 0 Å². The summed E-state index contributed by atoms with van der Waals surface area (Å²) in [7, 11) is 0. The van der Waals surface area contributed by atoms with Gasteiger partial charge in [0, 0.05) is 44.4 Å². The lowest BCUT2D eigenvalue weighted by Gasteiger charge is -2.42. The van der Waals surface area contributed by atoms with E-state index in [9.17, 15) is 9.59 Å². The summed E-state index contributed by atoms with van der Waals surface area (Å²) in [6.45, 7) is 3.59. The summed E-state index contributed by atoms with van der Waals surface area (Å²) in [5, 5.41) is 0. The molecule has 6 nitrogen and oxygen atoms in total. The second-order valence-corrected chi connectivity index (χ2v) is 8.74. The summed E-state index contributed by atoms with van der Waals surface area (Å²) in [5.74, 6) is 0.0977. The molecule has 3 aromatic rings. The zero-order valence-corrected chi connectivity index (χ0v) is 17.9. The molecule has 2 aliphatic heterocycles. The van der Waals surface area contributed by atoms with Gasteiger partial charge in [0.1, 0.15) is 11.7 Å². The number of fused-ring (bicyclic) bond motifs is 1. The molecule has 0 saturated carbocycles. The molecule has 0 radical (unpaired) electrons. The Hall–Kier alpha value is -3.15. The first-order valence-electron chi connectivity index (χ1n) is 11.1. The number of piperidine rings is 1. The van der Waals surface area contributed by atoms with Gasteiger partial charge in [0.2, 0.25) is 11.8 Å². The first-order chi connectivity index (χ1) is 15.1. The van der Waals surface area contributed by atoms with Crippen molar-refractivity contribution in [2.24, 2.45) is 0 Å².